The van der Waals surface area contributed by atoms with Gasteiger partial charge in [-0.1, -0.05) is 74.2 Å². The number of nitrogens with zero attached hydrogens (tertiary/aromatic N) is 4. The lowest BCUT2D eigenvalue weighted by atomic mass is 10.1. The Morgan fingerprint density at radius 3 is 2.27 bits per heavy atom. The van der Waals surface area contributed by atoms with E-state index in [0.717, 1.165) is 60.1 Å². The maximum absolute atomic E-state index is 4.39. The van der Waals surface area contributed by atoms with Crippen LogP contribution in [0.2, 0.25) is 0 Å². The molecule has 3 rings (SSSR count). The third kappa shape index (κ3) is 8.21. The van der Waals surface area contributed by atoms with Crippen molar-refractivity contribution in [2.75, 3.05) is 26.2 Å². The Kier molecular flexibility index (Phi) is 12.6. The van der Waals surface area contributed by atoms with E-state index in [4.69, 9.17) is 0 Å². The molecule has 1 atom stereocenters. The van der Waals surface area contributed by atoms with Gasteiger partial charge in [-0.15, -0.1) is 10.2 Å². The van der Waals surface area contributed by atoms with Gasteiger partial charge < -0.3 is 15.2 Å². The molecule has 0 saturated carbocycles. The van der Waals surface area contributed by atoms with Crippen LogP contribution in [0.4, 0.5) is 0 Å². The van der Waals surface area contributed by atoms with Crippen LogP contribution in [0.15, 0.2) is 53.3 Å². The number of hydrogen-bond acceptors (Lipinski definition) is 4. The van der Waals surface area contributed by atoms with Gasteiger partial charge in [0.1, 0.15) is 11.7 Å². The predicted molar refractivity (Wildman–Crippen MR) is 135 cm³/mol. The van der Waals surface area contributed by atoms with Gasteiger partial charge >= 0.3 is 0 Å². The van der Waals surface area contributed by atoms with E-state index in [1.54, 1.807) is 12.3 Å². The second kappa shape index (κ2) is 14.6. The largest absolute Gasteiger partial charge is 0.356 e. The van der Waals surface area contributed by atoms with Crippen molar-refractivity contribution in [1.82, 2.24) is 20.2 Å². The van der Waals surface area contributed by atoms with Crippen molar-refractivity contribution in [3.05, 3.63) is 48.7 Å². The summed E-state index contributed by atoms with van der Waals surface area (Å²) in [5.74, 6) is 1.78. The van der Waals surface area contributed by atoms with E-state index in [2.05, 4.69) is 60.1 Å². The molecule has 0 bridgehead atoms. The highest BCUT2D eigenvalue weighted by Crippen LogP contribution is 2.16. The number of aromatic nitrogens is 2. The molecule has 30 heavy (non-hydrogen) atoms. The number of hydrogen-bond donors (Lipinski definition) is 2. The van der Waals surface area contributed by atoms with Gasteiger partial charge in [0.2, 0.25) is 0 Å². The first-order valence-corrected chi connectivity index (χ1v) is 11.3. The number of imidazole rings is 1. The number of amidine groups is 1. The zero-order valence-electron chi connectivity index (χ0n) is 19.1. The van der Waals surface area contributed by atoms with Crippen LogP contribution in [0.5, 0.6) is 0 Å². The van der Waals surface area contributed by atoms with E-state index in [9.17, 15) is 0 Å². The van der Waals surface area contributed by atoms with Gasteiger partial charge in [-0.2, -0.15) is 0 Å². The molecule has 7 heteroatoms. The molecule has 2 aromatic rings. The topological polar surface area (TPSA) is 68.7 Å². The van der Waals surface area contributed by atoms with Crippen molar-refractivity contribution in [2.24, 2.45) is 10.2 Å². The van der Waals surface area contributed by atoms with Crippen molar-refractivity contribution in [2.45, 2.75) is 41.0 Å². The Hall–Kier alpha value is -2.30. The maximum atomic E-state index is 4.39. The normalized spacial score (nSPS) is 14.3. The number of aromatic amines is 1. The summed E-state index contributed by atoms with van der Waals surface area (Å²) < 4.78 is 0. The van der Waals surface area contributed by atoms with Crippen LogP contribution >= 0.6 is 9.24 Å². The molecule has 1 aromatic carbocycles. The molecule has 1 fully saturated rings. The summed E-state index contributed by atoms with van der Waals surface area (Å²) in [5.41, 5.74) is 3.73. The number of rotatable bonds is 4. The van der Waals surface area contributed by atoms with Gasteiger partial charge in [-0.25, -0.2) is 4.98 Å². The Bertz CT molecular complexity index is 801. The Balaban J connectivity index is 0.000000826. The monoisotopic (exact) mass is 428 g/mol. The molecule has 0 amide bonds. The quantitative estimate of drug-likeness (QED) is 0.331. The van der Waals surface area contributed by atoms with Gasteiger partial charge in [0, 0.05) is 37.3 Å². The molecule has 0 aliphatic carbocycles. The first kappa shape index (κ1) is 25.7. The highest BCUT2D eigenvalue weighted by atomic mass is 31.0. The minimum absolute atomic E-state index is 0.757. The first-order chi connectivity index (χ1) is 14.6. The molecule has 1 aliphatic rings. The lowest BCUT2D eigenvalue weighted by molar-refractivity contribution is 0.355. The summed E-state index contributed by atoms with van der Waals surface area (Å²) in [6.07, 6.45) is 4.77. The number of H-pyrrole nitrogens is 1. The molecule has 1 aromatic heterocycles. The van der Waals surface area contributed by atoms with Crippen molar-refractivity contribution >= 4 is 26.2 Å². The molecule has 1 unspecified atom stereocenters. The van der Waals surface area contributed by atoms with Gasteiger partial charge in [0.15, 0.2) is 0 Å². The number of piperazine rings is 1. The third-order valence-corrected chi connectivity index (χ3v) is 4.41. The zero-order chi connectivity index (χ0) is 22.4. The molecule has 1 saturated heterocycles. The van der Waals surface area contributed by atoms with Crippen LogP contribution in [0.25, 0.3) is 11.4 Å². The number of nitrogens with one attached hydrogen (secondary N) is 2. The highest BCUT2D eigenvalue weighted by Gasteiger charge is 2.10. The second-order valence-electron chi connectivity index (χ2n) is 6.55. The molecule has 2 N–H and O–H groups in total. The van der Waals surface area contributed by atoms with E-state index in [0.29, 0.717) is 0 Å². The Morgan fingerprint density at radius 2 is 1.77 bits per heavy atom. The lowest BCUT2D eigenvalue weighted by Crippen LogP contribution is -2.45. The molecule has 0 radical (unpaired) electrons. The summed E-state index contributed by atoms with van der Waals surface area (Å²) in [6, 6.07) is 8.06. The van der Waals surface area contributed by atoms with Gasteiger partial charge in [0.05, 0.1) is 17.3 Å². The standard InChI is InChI=1S/C18H23N6P.C3H8.C2H6/c1-3-16(23-22-13(2)24-10-8-19-9-11-24)14-4-6-15(7-5-14)18-20-12-17(25)21-18;1-3-2;1-2/h3-7,12,19H,1,8-11,25H2,2H3,(H,20,21);3H2,1-2H3;1-2H3/b22-13+,23-16+;;. The van der Waals surface area contributed by atoms with Crippen LogP contribution in [0.3, 0.4) is 0 Å². The molecule has 6 nitrogen and oxygen atoms in total. The van der Waals surface area contributed by atoms with E-state index in [-0.39, 0.29) is 0 Å². The van der Waals surface area contributed by atoms with E-state index in [1.165, 1.54) is 6.42 Å². The Labute approximate surface area is 184 Å². The molecule has 0 spiro atoms. The second-order valence-corrected chi connectivity index (χ2v) is 7.17. The molecular weight excluding hydrogens is 391 g/mol. The maximum Gasteiger partial charge on any atom is 0.137 e. The number of allylic oxidation sites excluding steroid dienone is 1. The minimum Gasteiger partial charge on any atom is -0.356 e. The fourth-order valence-corrected chi connectivity index (χ4v) is 2.89. The summed E-state index contributed by atoms with van der Waals surface area (Å²) in [5, 5.41) is 12.1. The summed E-state index contributed by atoms with van der Waals surface area (Å²) in [7, 11) is 2.61. The van der Waals surface area contributed by atoms with Crippen LogP contribution in [0.1, 0.15) is 46.6 Å². The first-order valence-electron chi connectivity index (χ1n) is 10.7. The van der Waals surface area contributed by atoms with Gasteiger partial charge in [-0.05, 0) is 13.0 Å². The number of benzene rings is 1. The molecular formula is C23H37N6P. The Morgan fingerprint density at radius 1 is 1.17 bits per heavy atom. The van der Waals surface area contributed by atoms with E-state index >= 15 is 0 Å². The summed E-state index contributed by atoms with van der Waals surface area (Å²) >= 11 is 0. The minimum atomic E-state index is 0.757. The van der Waals surface area contributed by atoms with Crippen molar-refractivity contribution in [3.8, 4) is 11.4 Å². The van der Waals surface area contributed by atoms with Gasteiger partial charge in [0.25, 0.3) is 0 Å². The average Bonchev–Trinajstić information content (AvgIpc) is 3.23. The van der Waals surface area contributed by atoms with Crippen LogP contribution in [-0.4, -0.2) is 52.6 Å². The fraction of sp³-hybridized carbons (Fsp3) is 0.435. The predicted octanol–water partition coefficient (Wildman–Crippen LogP) is 4.23. The van der Waals surface area contributed by atoms with Crippen LogP contribution in [0, 0.1) is 0 Å². The molecule has 2 heterocycles. The highest BCUT2D eigenvalue weighted by molar-refractivity contribution is 7.26. The zero-order valence-corrected chi connectivity index (χ0v) is 20.2. The van der Waals surface area contributed by atoms with Crippen molar-refractivity contribution < 1.29 is 0 Å². The van der Waals surface area contributed by atoms with E-state index < -0.39 is 0 Å². The molecule has 1 aliphatic heterocycles. The van der Waals surface area contributed by atoms with Crippen molar-refractivity contribution in [1.29, 1.82) is 0 Å². The van der Waals surface area contributed by atoms with Crippen molar-refractivity contribution in [3.63, 3.8) is 0 Å². The third-order valence-electron chi connectivity index (χ3n) is 4.12. The van der Waals surface area contributed by atoms with Crippen LogP contribution in [-0.2, 0) is 0 Å². The molecule has 164 valence electrons. The fourth-order valence-electron chi connectivity index (χ4n) is 2.68. The van der Waals surface area contributed by atoms with E-state index in [1.807, 2.05) is 45.0 Å². The van der Waals surface area contributed by atoms with Gasteiger partial charge in [-0.3, -0.25) is 0 Å². The van der Waals surface area contributed by atoms with Crippen LogP contribution < -0.4 is 10.8 Å². The SMILES string of the molecule is C=C/C(=N\N=C(/C)N1CCNCC1)c1ccc(-c2ncc(P)[nH]2)cc1.CC.CCC. The smallest absolute Gasteiger partial charge is 0.137 e. The lowest BCUT2D eigenvalue weighted by Gasteiger charge is -2.28. The summed E-state index contributed by atoms with van der Waals surface area (Å²) in [6.45, 7) is 18.0. The summed E-state index contributed by atoms with van der Waals surface area (Å²) in [4.78, 5) is 9.77. The average molecular weight is 429 g/mol.